The van der Waals surface area contributed by atoms with Crippen LogP contribution in [0.5, 0.6) is 0 Å². The van der Waals surface area contributed by atoms with E-state index >= 15 is 0 Å². The maximum atomic E-state index is 12.4. The van der Waals surface area contributed by atoms with Crippen molar-refractivity contribution in [3.8, 4) is 0 Å². The van der Waals surface area contributed by atoms with Gasteiger partial charge in [0.2, 0.25) is 11.9 Å². The molecule has 23 heavy (non-hydrogen) atoms. The van der Waals surface area contributed by atoms with Crippen LogP contribution >= 0.6 is 0 Å². The monoisotopic (exact) mass is 306 g/mol. The van der Waals surface area contributed by atoms with E-state index in [4.69, 9.17) is 5.73 Å². The minimum Gasteiger partial charge on any atom is -0.369 e. The van der Waals surface area contributed by atoms with Crippen LogP contribution in [0.1, 0.15) is 23.5 Å². The highest BCUT2D eigenvalue weighted by atomic mass is 16.2. The lowest BCUT2D eigenvalue weighted by Gasteiger charge is -2.25. The molecular formula is C17H14N4O2. The predicted octanol–water partition coefficient (Wildman–Crippen LogP) is 1.98. The fraction of sp³-hybridized carbons (Fsp3) is 0.118. The van der Waals surface area contributed by atoms with Crippen molar-refractivity contribution in [2.75, 3.05) is 11.1 Å². The highest BCUT2D eigenvalue weighted by Crippen LogP contribution is 2.37. The van der Waals surface area contributed by atoms with Crippen molar-refractivity contribution < 1.29 is 4.79 Å². The van der Waals surface area contributed by atoms with Gasteiger partial charge in [0.05, 0.1) is 5.56 Å². The number of carbonyl (C=O) groups excluding carboxylic acids is 1. The maximum absolute atomic E-state index is 12.4. The van der Waals surface area contributed by atoms with Crippen LogP contribution in [-0.4, -0.2) is 15.9 Å². The van der Waals surface area contributed by atoms with E-state index in [-0.39, 0.29) is 35.6 Å². The van der Waals surface area contributed by atoms with Gasteiger partial charge in [-0.15, -0.1) is 0 Å². The molecule has 0 aliphatic carbocycles. The number of anilines is 2. The summed E-state index contributed by atoms with van der Waals surface area (Å²) in [5, 5.41) is 4.73. The Hall–Kier alpha value is -3.15. The second-order valence-electron chi connectivity index (χ2n) is 5.59. The third kappa shape index (κ3) is 2.15. The fourth-order valence-corrected chi connectivity index (χ4v) is 3.21. The minimum atomic E-state index is -0.346. The van der Waals surface area contributed by atoms with Gasteiger partial charge in [0.25, 0.3) is 5.56 Å². The summed E-state index contributed by atoms with van der Waals surface area (Å²) in [5.74, 6) is -0.275. The number of H-pyrrole nitrogens is 1. The number of nitrogen functional groups attached to an aromatic ring is 1. The molecule has 1 amide bonds. The summed E-state index contributed by atoms with van der Waals surface area (Å²) in [4.78, 5) is 31.0. The number of aromatic amines is 1. The third-order valence-corrected chi connectivity index (χ3v) is 4.17. The first-order chi connectivity index (χ1) is 11.1. The number of rotatable bonds is 1. The number of benzene rings is 2. The van der Waals surface area contributed by atoms with E-state index in [0.717, 1.165) is 16.3 Å². The number of hydrogen-bond donors (Lipinski definition) is 3. The van der Waals surface area contributed by atoms with Crippen molar-refractivity contribution in [3.63, 3.8) is 0 Å². The number of amides is 1. The van der Waals surface area contributed by atoms with Crippen molar-refractivity contribution in [2.24, 2.45) is 0 Å². The van der Waals surface area contributed by atoms with E-state index in [1.54, 1.807) is 0 Å². The molecule has 0 saturated heterocycles. The first-order valence-electron chi connectivity index (χ1n) is 7.30. The largest absolute Gasteiger partial charge is 0.369 e. The van der Waals surface area contributed by atoms with Gasteiger partial charge in [-0.05, 0) is 16.3 Å². The van der Waals surface area contributed by atoms with E-state index in [9.17, 15) is 9.59 Å². The van der Waals surface area contributed by atoms with Crippen LogP contribution in [0.4, 0.5) is 11.8 Å². The number of nitrogens with two attached hydrogens (primary N) is 1. The van der Waals surface area contributed by atoms with Gasteiger partial charge in [-0.2, -0.15) is 4.98 Å². The molecule has 3 aromatic rings. The lowest BCUT2D eigenvalue weighted by molar-refractivity contribution is -0.116. The molecule has 1 aromatic heterocycles. The molecular weight excluding hydrogens is 292 g/mol. The maximum Gasteiger partial charge on any atom is 0.258 e. The van der Waals surface area contributed by atoms with Crippen LogP contribution in [0, 0.1) is 0 Å². The van der Waals surface area contributed by atoms with Gasteiger partial charge in [-0.3, -0.25) is 14.6 Å². The molecule has 1 aliphatic heterocycles. The Morgan fingerprint density at radius 3 is 2.74 bits per heavy atom. The third-order valence-electron chi connectivity index (χ3n) is 4.17. The molecule has 0 saturated carbocycles. The van der Waals surface area contributed by atoms with Crippen LogP contribution < -0.4 is 16.6 Å². The Balaban J connectivity index is 2.00. The van der Waals surface area contributed by atoms with Crippen molar-refractivity contribution in [3.05, 3.63) is 63.9 Å². The van der Waals surface area contributed by atoms with Crippen LogP contribution in [-0.2, 0) is 4.79 Å². The summed E-state index contributed by atoms with van der Waals surface area (Å²) < 4.78 is 0. The van der Waals surface area contributed by atoms with E-state index in [1.807, 2.05) is 42.5 Å². The summed E-state index contributed by atoms with van der Waals surface area (Å²) in [6.45, 7) is 0. The molecule has 6 nitrogen and oxygen atoms in total. The predicted molar refractivity (Wildman–Crippen MR) is 88.3 cm³/mol. The number of fused-ring (bicyclic) bond motifs is 2. The first kappa shape index (κ1) is 13.5. The highest BCUT2D eigenvalue weighted by molar-refractivity contribution is 5.96. The molecule has 4 N–H and O–H groups in total. The van der Waals surface area contributed by atoms with Gasteiger partial charge < -0.3 is 11.1 Å². The number of nitrogens with zero attached hydrogens (tertiary/aromatic N) is 1. The smallest absolute Gasteiger partial charge is 0.258 e. The summed E-state index contributed by atoms with van der Waals surface area (Å²) in [6.07, 6.45) is 0.204. The minimum absolute atomic E-state index is 0.00683. The SMILES string of the molecule is Nc1nc2c(c(=O)[nH]1)[C@@H](c1cccc3ccccc13)CC(=O)N2. The Labute approximate surface area is 131 Å². The number of carbonyl (C=O) groups is 1. The molecule has 114 valence electrons. The van der Waals surface area contributed by atoms with Gasteiger partial charge in [0.15, 0.2) is 0 Å². The standard InChI is InChI=1S/C17H14N4O2/c18-17-20-15-14(16(23)21-17)12(8-13(22)19-15)11-7-3-5-9-4-1-2-6-10(9)11/h1-7,12H,8H2,(H4,18,19,20,21,22,23)/t12-/m1/s1. The normalized spacial score (nSPS) is 16.9. The van der Waals surface area contributed by atoms with E-state index in [0.29, 0.717) is 5.56 Å². The summed E-state index contributed by atoms with van der Waals surface area (Å²) in [7, 11) is 0. The van der Waals surface area contributed by atoms with Gasteiger partial charge in [0, 0.05) is 12.3 Å². The molecule has 0 radical (unpaired) electrons. The zero-order valence-electron chi connectivity index (χ0n) is 12.2. The molecule has 1 atom stereocenters. The average Bonchev–Trinajstić information content (AvgIpc) is 2.52. The summed E-state index contributed by atoms with van der Waals surface area (Å²) in [5.41, 5.74) is 6.67. The topological polar surface area (TPSA) is 101 Å². The number of hydrogen-bond acceptors (Lipinski definition) is 4. The Morgan fingerprint density at radius 1 is 1.09 bits per heavy atom. The average molecular weight is 306 g/mol. The lowest BCUT2D eigenvalue weighted by atomic mass is 9.84. The van der Waals surface area contributed by atoms with Gasteiger partial charge in [0.1, 0.15) is 5.82 Å². The number of nitrogens with one attached hydrogen (secondary N) is 2. The molecule has 0 unspecified atom stereocenters. The summed E-state index contributed by atoms with van der Waals surface area (Å²) in [6, 6.07) is 13.8. The van der Waals surface area contributed by atoms with Crippen molar-refractivity contribution in [2.45, 2.75) is 12.3 Å². The second kappa shape index (κ2) is 4.95. The van der Waals surface area contributed by atoms with Crippen molar-refractivity contribution >= 4 is 28.4 Å². The zero-order valence-corrected chi connectivity index (χ0v) is 12.2. The van der Waals surface area contributed by atoms with Gasteiger partial charge >= 0.3 is 0 Å². The molecule has 0 spiro atoms. The van der Waals surface area contributed by atoms with Crippen LogP contribution in [0.3, 0.4) is 0 Å². The quantitative estimate of drug-likeness (QED) is 0.640. The van der Waals surface area contributed by atoms with Gasteiger partial charge in [-0.25, -0.2) is 0 Å². The fourth-order valence-electron chi connectivity index (χ4n) is 3.21. The Kier molecular flexibility index (Phi) is 2.90. The molecule has 0 bridgehead atoms. The molecule has 4 rings (SSSR count). The van der Waals surface area contributed by atoms with Crippen LogP contribution in [0.15, 0.2) is 47.3 Å². The first-order valence-corrected chi connectivity index (χ1v) is 7.30. The molecule has 2 heterocycles. The Bertz CT molecular complexity index is 988. The number of aromatic nitrogens is 2. The highest BCUT2D eigenvalue weighted by Gasteiger charge is 2.31. The molecule has 0 fully saturated rings. The van der Waals surface area contributed by atoms with E-state index in [1.165, 1.54) is 0 Å². The summed E-state index contributed by atoms with van der Waals surface area (Å²) >= 11 is 0. The van der Waals surface area contributed by atoms with Crippen LogP contribution in [0.25, 0.3) is 10.8 Å². The van der Waals surface area contributed by atoms with Crippen LogP contribution in [0.2, 0.25) is 0 Å². The zero-order chi connectivity index (χ0) is 16.0. The van der Waals surface area contributed by atoms with Crippen molar-refractivity contribution in [1.82, 2.24) is 9.97 Å². The van der Waals surface area contributed by atoms with E-state index < -0.39 is 0 Å². The molecule has 1 aliphatic rings. The van der Waals surface area contributed by atoms with Crippen molar-refractivity contribution in [1.29, 1.82) is 0 Å². The Morgan fingerprint density at radius 2 is 1.87 bits per heavy atom. The molecule has 6 heteroatoms. The molecule has 2 aromatic carbocycles. The van der Waals surface area contributed by atoms with Gasteiger partial charge in [-0.1, -0.05) is 42.5 Å². The second-order valence-corrected chi connectivity index (χ2v) is 5.59. The van der Waals surface area contributed by atoms with E-state index in [2.05, 4.69) is 15.3 Å². The lowest BCUT2D eigenvalue weighted by Crippen LogP contribution is -2.31.